The Kier molecular flexibility index (Phi) is 5.27. The Balaban J connectivity index is 1.90. The molecular weight excluding hydrogens is 426 g/mol. The minimum atomic E-state index is -0.890. The number of aliphatic hydroxyl groups excluding tert-OH is 1. The molecule has 3 aromatic rings. The van der Waals surface area contributed by atoms with E-state index in [4.69, 9.17) is 9.47 Å². The van der Waals surface area contributed by atoms with Crippen molar-refractivity contribution in [1.29, 1.82) is 0 Å². The molecule has 0 bridgehead atoms. The number of ketones is 1. The smallest absolute Gasteiger partial charge is 0.296 e. The Morgan fingerprint density at radius 3 is 2.53 bits per heavy atom. The van der Waals surface area contributed by atoms with Crippen LogP contribution in [0.4, 0.5) is 5.13 Å². The summed E-state index contributed by atoms with van der Waals surface area (Å²) < 4.78 is 10.7. The van der Waals surface area contributed by atoms with Gasteiger partial charge in [0.25, 0.3) is 5.91 Å². The standard InChI is InChI=1S/C20H17N3O5S2/c1-10-21-22-20(30-10)23-16(11-6-7-12(27-2)13(9-11)28-3)15(18(25)19(23)26)17(24)14-5-4-8-29-14/h4-9,16,25H,1-3H3/t16-/m1/s1. The summed E-state index contributed by atoms with van der Waals surface area (Å²) in [5.74, 6) is -0.778. The SMILES string of the molecule is COc1ccc([C@@H]2C(C(=O)c3cccs3)=C(O)C(=O)N2c2nnc(C)s2)cc1OC. The van der Waals surface area contributed by atoms with E-state index in [0.717, 1.165) is 0 Å². The maximum Gasteiger partial charge on any atom is 0.296 e. The zero-order chi connectivity index (χ0) is 21.4. The molecule has 0 saturated carbocycles. The molecule has 4 rings (SSSR count). The first kappa shape index (κ1) is 20.0. The van der Waals surface area contributed by atoms with Crippen LogP contribution in [-0.2, 0) is 4.79 Å². The first-order valence-electron chi connectivity index (χ1n) is 8.83. The number of carbonyl (C=O) groups excluding carboxylic acids is 2. The molecule has 2 aromatic heterocycles. The lowest BCUT2D eigenvalue weighted by atomic mass is 9.95. The van der Waals surface area contributed by atoms with Gasteiger partial charge in [-0.1, -0.05) is 23.5 Å². The number of hydrogen-bond acceptors (Lipinski definition) is 9. The highest BCUT2D eigenvalue weighted by atomic mass is 32.1. The Labute approximate surface area is 180 Å². The first-order chi connectivity index (χ1) is 14.5. The molecule has 154 valence electrons. The van der Waals surface area contributed by atoms with Gasteiger partial charge in [0.05, 0.1) is 30.7 Å². The largest absolute Gasteiger partial charge is 0.503 e. The second-order valence-electron chi connectivity index (χ2n) is 6.36. The molecule has 0 unspecified atom stereocenters. The van der Waals surface area contributed by atoms with Gasteiger partial charge in [0.1, 0.15) is 5.01 Å². The molecule has 0 aliphatic carbocycles. The Hall–Kier alpha value is -3.24. The molecule has 0 radical (unpaired) electrons. The topological polar surface area (TPSA) is 102 Å². The second kappa shape index (κ2) is 7.88. The number of carbonyl (C=O) groups is 2. The van der Waals surface area contributed by atoms with E-state index in [1.165, 1.54) is 41.8 Å². The number of rotatable bonds is 6. The van der Waals surface area contributed by atoms with Gasteiger partial charge in [0.2, 0.25) is 10.9 Å². The van der Waals surface area contributed by atoms with Crippen LogP contribution in [0.3, 0.4) is 0 Å². The molecule has 0 fully saturated rings. The fourth-order valence-corrected chi connectivity index (χ4v) is 4.69. The average Bonchev–Trinajstić information content (AvgIpc) is 3.48. The number of benzene rings is 1. The number of aryl methyl sites for hydroxylation is 1. The van der Waals surface area contributed by atoms with Crippen LogP contribution in [0.2, 0.25) is 0 Å². The Bertz CT molecular complexity index is 1150. The summed E-state index contributed by atoms with van der Waals surface area (Å²) in [6.07, 6.45) is 0. The minimum absolute atomic E-state index is 0.0116. The van der Waals surface area contributed by atoms with Gasteiger partial charge in [0.15, 0.2) is 17.3 Å². The molecule has 1 aliphatic heterocycles. The van der Waals surface area contributed by atoms with Crippen molar-refractivity contribution in [3.8, 4) is 11.5 Å². The normalized spacial score (nSPS) is 16.3. The Morgan fingerprint density at radius 2 is 1.93 bits per heavy atom. The zero-order valence-corrected chi connectivity index (χ0v) is 17.9. The molecule has 1 N–H and O–H groups in total. The summed E-state index contributed by atoms with van der Waals surface area (Å²) in [5, 5.41) is 21.4. The lowest BCUT2D eigenvalue weighted by molar-refractivity contribution is -0.117. The summed E-state index contributed by atoms with van der Waals surface area (Å²) in [6, 6.07) is 7.59. The molecular formula is C20H17N3O5S2. The summed E-state index contributed by atoms with van der Waals surface area (Å²) in [4.78, 5) is 28.0. The third-order valence-electron chi connectivity index (χ3n) is 4.64. The lowest BCUT2D eigenvalue weighted by Gasteiger charge is -2.24. The first-order valence-corrected chi connectivity index (χ1v) is 10.5. The summed E-state index contributed by atoms with van der Waals surface area (Å²) in [5.41, 5.74) is 0.556. The zero-order valence-electron chi connectivity index (χ0n) is 16.3. The maximum atomic E-state index is 13.2. The molecule has 8 nitrogen and oxygen atoms in total. The van der Waals surface area contributed by atoms with Crippen molar-refractivity contribution in [1.82, 2.24) is 10.2 Å². The third kappa shape index (κ3) is 3.23. The van der Waals surface area contributed by atoms with Crippen LogP contribution < -0.4 is 14.4 Å². The molecule has 10 heteroatoms. The number of anilines is 1. The predicted octanol–water partition coefficient (Wildman–Crippen LogP) is 3.71. The van der Waals surface area contributed by atoms with E-state index in [-0.39, 0.29) is 10.7 Å². The van der Waals surface area contributed by atoms with E-state index in [1.54, 1.807) is 42.6 Å². The molecule has 30 heavy (non-hydrogen) atoms. The molecule has 0 saturated heterocycles. The van der Waals surface area contributed by atoms with Gasteiger partial charge in [-0.15, -0.1) is 21.5 Å². The van der Waals surface area contributed by atoms with Crippen molar-refractivity contribution in [2.24, 2.45) is 0 Å². The van der Waals surface area contributed by atoms with Crippen LogP contribution in [0.1, 0.15) is 26.3 Å². The number of nitrogens with zero attached hydrogens (tertiary/aromatic N) is 3. The highest BCUT2D eigenvalue weighted by molar-refractivity contribution is 7.15. The quantitative estimate of drug-likeness (QED) is 0.580. The van der Waals surface area contributed by atoms with Crippen LogP contribution >= 0.6 is 22.7 Å². The third-order valence-corrected chi connectivity index (χ3v) is 6.35. The van der Waals surface area contributed by atoms with Crippen molar-refractivity contribution in [3.63, 3.8) is 0 Å². The van der Waals surface area contributed by atoms with Crippen molar-refractivity contribution in [2.45, 2.75) is 13.0 Å². The van der Waals surface area contributed by atoms with Crippen LogP contribution in [0, 0.1) is 6.92 Å². The summed E-state index contributed by atoms with van der Waals surface area (Å²) in [7, 11) is 3.02. The summed E-state index contributed by atoms with van der Waals surface area (Å²) >= 11 is 2.44. The molecule has 0 spiro atoms. The van der Waals surface area contributed by atoms with E-state index in [9.17, 15) is 14.7 Å². The van der Waals surface area contributed by atoms with E-state index in [1.807, 2.05) is 0 Å². The monoisotopic (exact) mass is 443 g/mol. The molecule has 1 aromatic carbocycles. The molecule has 1 atom stereocenters. The molecule has 3 heterocycles. The Morgan fingerprint density at radius 1 is 1.17 bits per heavy atom. The average molecular weight is 444 g/mol. The number of aliphatic hydroxyl groups is 1. The lowest BCUT2D eigenvalue weighted by Crippen LogP contribution is -2.31. The van der Waals surface area contributed by atoms with Gasteiger partial charge in [0, 0.05) is 0 Å². The fourth-order valence-electron chi connectivity index (χ4n) is 3.30. The van der Waals surface area contributed by atoms with Gasteiger partial charge in [-0.2, -0.15) is 0 Å². The van der Waals surface area contributed by atoms with E-state index >= 15 is 0 Å². The predicted molar refractivity (Wildman–Crippen MR) is 113 cm³/mol. The van der Waals surface area contributed by atoms with Gasteiger partial charge in [-0.05, 0) is 36.1 Å². The van der Waals surface area contributed by atoms with Crippen LogP contribution in [0.5, 0.6) is 11.5 Å². The number of hydrogen-bond donors (Lipinski definition) is 1. The fraction of sp³-hybridized carbons (Fsp3) is 0.200. The minimum Gasteiger partial charge on any atom is -0.503 e. The van der Waals surface area contributed by atoms with Gasteiger partial charge in [-0.25, -0.2) is 0 Å². The van der Waals surface area contributed by atoms with Crippen molar-refractivity contribution in [3.05, 3.63) is 62.5 Å². The highest BCUT2D eigenvalue weighted by Gasteiger charge is 2.46. The number of Topliss-reactive ketones (excluding diaryl/α,β-unsaturated/α-hetero) is 1. The van der Waals surface area contributed by atoms with Crippen molar-refractivity contribution < 1.29 is 24.2 Å². The van der Waals surface area contributed by atoms with Gasteiger partial charge < -0.3 is 14.6 Å². The van der Waals surface area contributed by atoms with Crippen LogP contribution in [0.25, 0.3) is 0 Å². The van der Waals surface area contributed by atoms with Crippen molar-refractivity contribution in [2.75, 3.05) is 19.1 Å². The summed E-state index contributed by atoms with van der Waals surface area (Å²) in [6.45, 7) is 1.76. The van der Waals surface area contributed by atoms with E-state index < -0.39 is 23.5 Å². The maximum absolute atomic E-state index is 13.2. The van der Waals surface area contributed by atoms with Gasteiger partial charge in [-0.3, -0.25) is 14.5 Å². The number of methoxy groups -OCH3 is 2. The number of ether oxygens (including phenoxy) is 2. The van der Waals surface area contributed by atoms with Crippen LogP contribution in [-0.4, -0.2) is 41.2 Å². The number of thiophene rings is 1. The van der Waals surface area contributed by atoms with E-state index in [2.05, 4.69) is 10.2 Å². The van der Waals surface area contributed by atoms with Crippen LogP contribution in [0.15, 0.2) is 47.0 Å². The van der Waals surface area contributed by atoms with Gasteiger partial charge >= 0.3 is 0 Å². The van der Waals surface area contributed by atoms with E-state index in [0.29, 0.717) is 26.9 Å². The number of amides is 1. The molecule has 1 amide bonds. The highest BCUT2D eigenvalue weighted by Crippen LogP contribution is 2.44. The van der Waals surface area contributed by atoms with Crippen molar-refractivity contribution >= 4 is 39.5 Å². The second-order valence-corrected chi connectivity index (χ2v) is 8.47. The number of aromatic nitrogens is 2. The molecule has 1 aliphatic rings.